The molecule has 0 spiro atoms. The highest BCUT2D eigenvalue weighted by atomic mass is 31.2. The van der Waals surface area contributed by atoms with Crippen molar-refractivity contribution < 1.29 is 9.13 Å². The second kappa shape index (κ2) is 16.8. The summed E-state index contributed by atoms with van der Waals surface area (Å²) in [6, 6.07) is 55.1. The third-order valence-corrected chi connectivity index (χ3v) is 22.8. The third-order valence-electron chi connectivity index (χ3n) is 13.2. The van der Waals surface area contributed by atoms with Gasteiger partial charge in [0.15, 0.2) is 14.3 Å². The van der Waals surface area contributed by atoms with Crippen LogP contribution in [0.1, 0.15) is 36.5 Å². The summed E-state index contributed by atoms with van der Waals surface area (Å²) < 4.78 is 32.3. The fraction of sp³-hybridized carbons (Fsp3) is 0.138. The van der Waals surface area contributed by atoms with Gasteiger partial charge in [0.25, 0.3) is 0 Å². The maximum absolute atomic E-state index is 16.2. The predicted molar refractivity (Wildman–Crippen MR) is 276 cm³/mol. The van der Waals surface area contributed by atoms with E-state index >= 15 is 9.13 Å². The van der Waals surface area contributed by atoms with Crippen LogP contribution in [-0.4, -0.2) is 5.66 Å². The van der Waals surface area contributed by atoms with Gasteiger partial charge in [-0.2, -0.15) is 0 Å². The Bertz CT molecular complexity index is 3230. The Morgan fingerprint density at radius 2 is 0.937 bits per heavy atom. The molecule has 0 aliphatic heterocycles. The Labute approximate surface area is 373 Å². The van der Waals surface area contributed by atoms with E-state index in [9.17, 15) is 0 Å². The van der Waals surface area contributed by atoms with Crippen LogP contribution in [0.3, 0.4) is 0 Å². The minimum Gasteiger partial charge on any atom is -0.309 e. The molecule has 0 aromatic heterocycles. The Balaban J connectivity index is 1.33. The Morgan fingerprint density at radius 3 is 1.44 bits per heavy atom. The largest absolute Gasteiger partial charge is 0.309 e. The number of hydrogen-bond acceptors (Lipinski definition) is 2. The summed E-state index contributed by atoms with van der Waals surface area (Å²) in [6.07, 6.45) is 17.4. The van der Waals surface area contributed by atoms with Crippen LogP contribution in [0.25, 0.3) is 32.3 Å². The van der Waals surface area contributed by atoms with E-state index in [0.717, 1.165) is 88.1 Å². The lowest BCUT2D eigenvalue weighted by Crippen LogP contribution is -2.27. The summed E-state index contributed by atoms with van der Waals surface area (Å²) in [5, 5.41) is 14.4. The van der Waals surface area contributed by atoms with Gasteiger partial charge >= 0.3 is 0 Å². The molecule has 310 valence electrons. The number of aryl methyl sites for hydroxylation is 3. The normalized spacial score (nSPS) is 17.8. The molecule has 2 aliphatic carbocycles. The van der Waals surface area contributed by atoms with Gasteiger partial charge in [-0.1, -0.05) is 189 Å². The quantitative estimate of drug-likeness (QED) is 0.107. The lowest BCUT2D eigenvalue weighted by molar-refractivity contribution is 0.590. The van der Waals surface area contributed by atoms with Gasteiger partial charge in [-0.05, 0) is 125 Å². The van der Waals surface area contributed by atoms with Gasteiger partial charge < -0.3 is 9.13 Å². The molecule has 2 aliphatic rings. The molecule has 8 aromatic carbocycles. The molecule has 8 aromatic rings. The second-order valence-electron chi connectivity index (χ2n) is 17.2. The summed E-state index contributed by atoms with van der Waals surface area (Å²) in [6.45, 7) is 8.88. The van der Waals surface area contributed by atoms with Gasteiger partial charge in [0.05, 0.1) is 0 Å². The van der Waals surface area contributed by atoms with Crippen LogP contribution in [0.4, 0.5) is 0 Å². The molecule has 2 nitrogen and oxygen atoms in total. The van der Waals surface area contributed by atoms with Crippen LogP contribution in [0.2, 0.25) is 0 Å². The average Bonchev–Trinajstić information content (AvgIpc) is 3.33. The van der Waals surface area contributed by atoms with Crippen LogP contribution in [0.5, 0.6) is 0 Å². The van der Waals surface area contributed by atoms with E-state index in [2.05, 4.69) is 137 Å². The van der Waals surface area contributed by atoms with Crippen molar-refractivity contribution >= 4 is 91.7 Å². The summed E-state index contributed by atoms with van der Waals surface area (Å²) in [4.78, 5) is 0. The summed E-state index contributed by atoms with van der Waals surface area (Å²) in [5.74, 6) is 0.375. The fourth-order valence-electron chi connectivity index (χ4n) is 10.1. The number of allylic oxidation sites excluding steroid dienone is 8. The number of rotatable bonds is 9. The molecule has 0 saturated carbocycles. The number of fused-ring (bicyclic) bond motifs is 6. The molecule has 4 atom stereocenters. The van der Waals surface area contributed by atoms with Crippen molar-refractivity contribution in [1.29, 1.82) is 0 Å². The first-order valence-corrected chi connectivity index (χ1v) is 26.9. The molecule has 0 bridgehead atoms. The molecule has 10 rings (SSSR count). The van der Waals surface area contributed by atoms with Gasteiger partial charge in [-0.25, -0.2) is 0 Å². The van der Waals surface area contributed by atoms with Crippen molar-refractivity contribution in [3.8, 4) is 0 Å². The summed E-state index contributed by atoms with van der Waals surface area (Å²) >= 11 is 0. The molecule has 0 radical (unpaired) electrons. The second-order valence-corrected chi connectivity index (χ2v) is 25.0. The van der Waals surface area contributed by atoms with Crippen LogP contribution in [-0.2, 0) is 9.13 Å². The van der Waals surface area contributed by atoms with E-state index < -0.39 is 22.2 Å². The average molecular weight is 873 g/mol. The van der Waals surface area contributed by atoms with Crippen molar-refractivity contribution in [1.82, 2.24) is 0 Å². The topological polar surface area (TPSA) is 34.1 Å². The zero-order chi connectivity index (χ0) is 43.3. The van der Waals surface area contributed by atoms with E-state index in [1.165, 1.54) is 16.2 Å². The van der Waals surface area contributed by atoms with Crippen molar-refractivity contribution in [2.75, 3.05) is 0 Å². The van der Waals surface area contributed by atoms with E-state index in [1.54, 1.807) is 0 Å². The molecular weight excluding hydrogens is 822 g/mol. The lowest BCUT2D eigenvalue weighted by Gasteiger charge is -2.32. The fourth-order valence-corrected chi connectivity index (χ4v) is 19.0. The molecule has 0 saturated heterocycles. The minimum absolute atomic E-state index is 0.328. The Morgan fingerprint density at radius 1 is 0.492 bits per heavy atom. The van der Waals surface area contributed by atoms with Crippen molar-refractivity contribution in [2.24, 2.45) is 5.92 Å². The maximum atomic E-state index is 16.2. The minimum atomic E-state index is -3.33. The van der Waals surface area contributed by atoms with E-state index in [-0.39, 0.29) is 0 Å². The van der Waals surface area contributed by atoms with Crippen molar-refractivity contribution in [3.63, 3.8) is 0 Å². The predicted octanol–water partition coefficient (Wildman–Crippen LogP) is 12.8. The van der Waals surface area contributed by atoms with Crippen molar-refractivity contribution in [2.45, 2.75) is 46.2 Å². The van der Waals surface area contributed by atoms with E-state index in [4.69, 9.17) is 0 Å². The molecule has 0 heterocycles. The van der Waals surface area contributed by atoms with Gasteiger partial charge in [0, 0.05) is 37.5 Å². The van der Waals surface area contributed by atoms with Crippen LogP contribution >= 0.6 is 22.2 Å². The monoisotopic (exact) mass is 872 g/mol. The standard InChI is InChI=1S/C58H51O2P3/c1-40-22-20-21-33-55(40)61(44-23-10-5-11-24-44)56-37-52-49(34-41(56)2)53-38-57(62(59,45-25-12-6-13-26-45)46-27-14-7-15-28-46)43(4)36-51(53)54-39-58(42(3)35-50(52)54)63(60,47-29-16-8-17-30-47)48-31-18-9-19-32-48/h5-8,10-18,20-40,55H,9,19H2,1-4H3. The smallest absolute Gasteiger partial charge is 0.171 e. The van der Waals surface area contributed by atoms with Gasteiger partial charge in [-0.15, -0.1) is 0 Å². The van der Waals surface area contributed by atoms with Crippen LogP contribution < -0.4 is 37.1 Å². The Hall–Kier alpha value is -5.61. The zero-order valence-electron chi connectivity index (χ0n) is 36.3. The van der Waals surface area contributed by atoms with Gasteiger partial charge in [0.2, 0.25) is 0 Å². The Kier molecular flexibility index (Phi) is 11.1. The molecule has 0 N–H and O–H groups in total. The molecule has 0 amide bonds. The molecule has 5 heteroatoms. The van der Waals surface area contributed by atoms with Gasteiger partial charge in [-0.3, -0.25) is 0 Å². The first kappa shape index (κ1) is 41.4. The molecule has 63 heavy (non-hydrogen) atoms. The van der Waals surface area contributed by atoms with Crippen LogP contribution in [0.15, 0.2) is 206 Å². The number of hydrogen-bond donors (Lipinski definition) is 0. The van der Waals surface area contributed by atoms with Gasteiger partial charge in [0.1, 0.15) is 0 Å². The van der Waals surface area contributed by atoms with Crippen molar-refractivity contribution in [3.05, 3.63) is 222 Å². The molecular formula is C58H51O2P3. The maximum Gasteiger partial charge on any atom is 0.171 e. The van der Waals surface area contributed by atoms with E-state index in [0.29, 0.717) is 11.6 Å². The van der Waals surface area contributed by atoms with Crippen LogP contribution in [0, 0.1) is 26.7 Å². The molecule has 4 unspecified atom stereocenters. The van der Waals surface area contributed by atoms with E-state index in [1.807, 2.05) is 91.0 Å². The first-order valence-electron chi connectivity index (χ1n) is 22.1. The molecule has 0 fully saturated rings. The highest BCUT2D eigenvalue weighted by molar-refractivity contribution is 7.85. The SMILES string of the molecule is Cc1cc2c(cc1P(c1ccccc1)C1C=CC=CC1C)c1cc(C)c(P(=O)(C3=CCCC=C3)c3ccccc3)cc1c1cc(C)c(P(=O)(c3ccccc3)c3ccccc3)cc21. The summed E-state index contributed by atoms with van der Waals surface area (Å²) in [7, 11) is -7.43. The summed E-state index contributed by atoms with van der Waals surface area (Å²) in [5.41, 5.74) is 3.57. The zero-order valence-corrected chi connectivity index (χ0v) is 39.0. The third kappa shape index (κ3) is 7.09. The number of benzene rings is 8. The lowest BCUT2D eigenvalue weighted by atomic mass is 9.91. The first-order chi connectivity index (χ1) is 30.7. The highest BCUT2D eigenvalue weighted by Gasteiger charge is 2.35. The highest BCUT2D eigenvalue weighted by Crippen LogP contribution is 2.55.